The summed E-state index contributed by atoms with van der Waals surface area (Å²) in [5.41, 5.74) is 5.33. The first kappa shape index (κ1) is 7.23. The highest BCUT2D eigenvalue weighted by atomic mass is 16.2. The molecule has 0 saturated carbocycles. The number of fused-ring (bicyclic) bond motifs is 1. The second-order valence-corrected chi connectivity index (χ2v) is 2.54. The first-order valence-electron chi connectivity index (χ1n) is 3.74. The van der Waals surface area contributed by atoms with E-state index in [4.69, 9.17) is 5.73 Å². The maximum atomic E-state index is 11.2. The predicted octanol–water partition coefficient (Wildman–Crippen LogP) is -0.807. The molecule has 1 aliphatic rings. The summed E-state index contributed by atoms with van der Waals surface area (Å²) >= 11 is 0. The van der Waals surface area contributed by atoms with E-state index in [-0.39, 0.29) is 12.5 Å². The Bertz CT molecular complexity index is 318. The van der Waals surface area contributed by atoms with E-state index >= 15 is 0 Å². The van der Waals surface area contributed by atoms with Gasteiger partial charge in [0.05, 0.1) is 6.54 Å². The summed E-state index contributed by atoms with van der Waals surface area (Å²) < 4.78 is 1.27. The Morgan fingerprint density at radius 3 is 3.17 bits per heavy atom. The minimum absolute atomic E-state index is 0.0315. The van der Waals surface area contributed by atoms with Gasteiger partial charge in [0, 0.05) is 13.0 Å². The molecular formula is C6H9N5O. The van der Waals surface area contributed by atoms with Crippen LogP contribution in [0.15, 0.2) is 0 Å². The van der Waals surface area contributed by atoms with Gasteiger partial charge in [0.1, 0.15) is 0 Å². The number of anilines is 1. The summed E-state index contributed by atoms with van der Waals surface area (Å²) in [6.45, 7) is 0.885. The van der Waals surface area contributed by atoms with E-state index in [9.17, 15) is 4.79 Å². The van der Waals surface area contributed by atoms with E-state index < -0.39 is 0 Å². The van der Waals surface area contributed by atoms with Crippen LogP contribution in [0.1, 0.15) is 17.0 Å². The lowest BCUT2D eigenvalue weighted by Gasteiger charge is -2.11. The number of nitrogens with one attached hydrogen (secondary N) is 1. The van der Waals surface area contributed by atoms with E-state index in [0.29, 0.717) is 24.7 Å². The largest absolute Gasteiger partial charge is 0.354 e. The molecule has 0 radical (unpaired) electrons. The average molecular weight is 167 g/mol. The van der Waals surface area contributed by atoms with Crippen molar-refractivity contribution in [2.45, 2.75) is 13.0 Å². The van der Waals surface area contributed by atoms with Gasteiger partial charge in [-0.1, -0.05) is 0 Å². The molecule has 6 nitrogen and oxygen atoms in total. The first-order chi connectivity index (χ1) is 5.81. The Balaban J connectivity index is 2.43. The zero-order valence-corrected chi connectivity index (χ0v) is 6.45. The number of hydrogen-bond donors (Lipinski definition) is 2. The maximum Gasteiger partial charge on any atom is 0.251 e. The van der Waals surface area contributed by atoms with Crippen LogP contribution in [0.5, 0.6) is 0 Å². The predicted molar refractivity (Wildman–Crippen MR) is 41.6 cm³/mol. The van der Waals surface area contributed by atoms with Crippen LogP contribution in [-0.4, -0.2) is 27.2 Å². The van der Waals surface area contributed by atoms with E-state index in [1.54, 1.807) is 0 Å². The SMILES string of the molecule is NCc1nc2n(n1)C(=O)CCN2. The van der Waals surface area contributed by atoms with Crippen LogP contribution in [0.3, 0.4) is 0 Å². The van der Waals surface area contributed by atoms with Crippen molar-refractivity contribution in [3.8, 4) is 0 Å². The molecule has 0 amide bonds. The van der Waals surface area contributed by atoms with Crippen molar-refractivity contribution >= 4 is 11.9 Å². The lowest BCUT2D eigenvalue weighted by Crippen LogP contribution is -2.25. The number of carbonyl (C=O) groups is 1. The number of nitrogens with two attached hydrogens (primary N) is 1. The zero-order chi connectivity index (χ0) is 8.55. The van der Waals surface area contributed by atoms with Gasteiger partial charge in [-0.15, -0.1) is 5.10 Å². The highest BCUT2D eigenvalue weighted by Gasteiger charge is 2.19. The van der Waals surface area contributed by atoms with Gasteiger partial charge in [-0.25, -0.2) is 0 Å². The third-order valence-corrected chi connectivity index (χ3v) is 1.69. The summed E-state index contributed by atoms with van der Waals surface area (Å²) in [7, 11) is 0. The quantitative estimate of drug-likeness (QED) is 0.571. The summed E-state index contributed by atoms with van der Waals surface area (Å²) in [6, 6.07) is 0. The number of aromatic nitrogens is 3. The van der Waals surface area contributed by atoms with E-state index in [1.165, 1.54) is 4.68 Å². The maximum absolute atomic E-state index is 11.2. The second-order valence-electron chi connectivity index (χ2n) is 2.54. The van der Waals surface area contributed by atoms with E-state index in [0.717, 1.165) is 0 Å². The van der Waals surface area contributed by atoms with Gasteiger partial charge in [0.15, 0.2) is 5.82 Å². The minimum atomic E-state index is -0.0315. The van der Waals surface area contributed by atoms with Gasteiger partial charge in [0.2, 0.25) is 5.95 Å². The number of rotatable bonds is 1. The van der Waals surface area contributed by atoms with Gasteiger partial charge in [-0.05, 0) is 0 Å². The smallest absolute Gasteiger partial charge is 0.251 e. The summed E-state index contributed by atoms with van der Waals surface area (Å²) in [4.78, 5) is 15.2. The molecule has 0 spiro atoms. The highest BCUT2D eigenvalue weighted by Crippen LogP contribution is 2.10. The number of hydrogen-bond acceptors (Lipinski definition) is 5. The van der Waals surface area contributed by atoms with E-state index in [1.807, 2.05) is 0 Å². The third kappa shape index (κ3) is 0.964. The fraction of sp³-hybridized carbons (Fsp3) is 0.500. The topological polar surface area (TPSA) is 85.8 Å². The molecule has 0 atom stereocenters. The minimum Gasteiger partial charge on any atom is -0.354 e. The zero-order valence-electron chi connectivity index (χ0n) is 6.45. The lowest BCUT2D eigenvalue weighted by atomic mass is 10.4. The first-order valence-corrected chi connectivity index (χ1v) is 3.74. The van der Waals surface area contributed by atoms with Gasteiger partial charge >= 0.3 is 0 Å². The average Bonchev–Trinajstić information content (AvgIpc) is 2.49. The third-order valence-electron chi connectivity index (χ3n) is 1.69. The van der Waals surface area contributed by atoms with Crippen LogP contribution in [0.4, 0.5) is 5.95 Å². The molecule has 0 unspecified atom stereocenters. The summed E-state index contributed by atoms with van der Waals surface area (Å²) in [5.74, 6) is 0.968. The molecule has 1 aromatic heterocycles. The molecule has 1 aromatic rings. The van der Waals surface area contributed by atoms with Crippen LogP contribution in [0.2, 0.25) is 0 Å². The van der Waals surface area contributed by atoms with Gasteiger partial charge in [0.25, 0.3) is 5.91 Å². The Morgan fingerprint density at radius 2 is 2.50 bits per heavy atom. The number of nitrogens with zero attached hydrogens (tertiary/aromatic N) is 3. The molecule has 0 saturated heterocycles. The Morgan fingerprint density at radius 1 is 1.67 bits per heavy atom. The molecule has 0 aromatic carbocycles. The molecule has 0 fully saturated rings. The Kier molecular flexibility index (Phi) is 1.54. The molecule has 2 rings (SSSR count). The molecule has 6 heteroatoms. The highest BCUT2D eigenvalue weighted by molar-refractivity contribution is 5.82. The number of carbonyl (C=O) groups excluding carboxylic acids is 1. The lowest BCUT2D eigenvalue weighted by molar-refractivity contribution is 0.0886. The molecule has 12 heavy (non-hydrogen) atoms. The molecule has 0 bridgehead atoms. The van der Waals surface area contributed by atoms with Gasteiger partial charge in [-0.3, -0.25) is 4.79 Å². The van der Waals surface area contributed by atoms with Crippen molar-refractivity contribution in [2.75, 3.05) is 11.9 Å². The standard InChI is InChI=1S/C6H9N5O/c7-3-4-9-6-8-2-1-5(12)11(6)10-4/h1-3,7H2,(H,8,9,10). The van der Waals surface area contributed by atoms with Gasteiger partial charge < -0.3 is 11.1 Å². The van der Waals surface area contributed by atoms with Crippen molar-refractivity contribution in [2.24, 2.45) is 5.73 Å². The molecule has 2 heterocycles. The molecule has 1 aliphatic heterocycles. The monoisotopic (exact) mass is 167 g/mol. The van der Waals surface area contributed by atoms with Crippen LogP contribution in [-0.2, 0) is 6.54 Å². The summed E-state index contributed by atoms with van der Waals surface area (Å²) in [5, 5.41) is 6.88. The van der Waals surface area contributed by atoms with Crippen LogP contribution in [0, 0.1) is 0 Å². The van der Waals surface area contributed by atoms with E-state index in [2.05, 4.69) is 15.4 Å². The molecule has 64 valence electrons. The fourth-order valence-electron chi connectivity index (χ4n) is 1.12. The second kappa shape index (κ2) is 2.56. The van der Waals surface area contributed by atoms with Crippen molar-refractivity contribution in [1.82, 2.24) is 14.8 Å². The van der Waals surface area contributed by atoms with Gasteiger partial charge in [-0.2, -0.15) is 9.67 Å². The molecule has 0 aliphatic carbocycles. The molecular weight excluding hydrogens is 158 g/mol. The normalized spacial score (nSPS) is 15.6. The van der Waals surface area contributed by atoms with Crippen LogP contribution >= 0.6 is 0 Å². The van der Waals surface area contributed by atoms with Crippen LogP contribution < -0.4 is 11.1 Å². The summed E-state index contributed by atoms with van der Waals surface area (Å²) in [6.07, 6.45) is 0.459. The Labute approximate surface area is 68.8 Å². The van der Waals surface area contributed by atoms with Crippen LogP contribution in [0.25, 0.3) is 0 Å². The fourth-order valence-corrected chi connectivity index (χ4v) is 1.12. The molecule has 3 N–H and O–H groups in total. The van der Waals surface area contributed by atoms with Crippen molar-refractivity contribution in [1.29, 1.82) is 0 Å². The Hall–Kier alpha value is -1.43. The van der Waals surface area contributed by atoms with Crippen molar-refractivity contribution in [3.63, 3.8) is 0 Å². The van der Waals surface area contributed by atoms with Crippen molar-refractivity contribution < 1.29 is 4.79 Å². The van der Waals surface area contributed by atoms with Crippen molar-refractivity contribution in [3.05, 3.63) is 5.82 Å².